The number of carbonyl (C=O) groups excluding carboxylic acids is 1. The third-order valence-electron chi connectivity index (χ3n) is 4.62. The first-order valence-electron chi connectivity index (χ1n) is 8.16. The van der Waals surface area contributed by atoms with Crippen molar-refractivity contribution in [1.82, 2.24) is 13.9 Å². The predicted molar refractivity (Wildman–Crippen MR) is 79.9 cm³/mol. The van der Waals surface area contributed by atoms with Crippen molar-refractivity contribution in [3.05, 3.63) is 0 Å². The minimum Gasteiger partial charge on any atom is -0.352 e. The molecule has 7 heteroatoms. The fourth-order valence-corrected chi connectivity index (χ4v) is 5.12. The first-order valence-corrected chi connectivity index (χ1v) is 9.56. The maximum atomic E-state index is 12.8. The SMILES string of the molecule is O=C(NC1CC1)[C@H]1CCCN1S(=O)(=O)N1CCCCCC1. The molecular weight excluding hydrogens is 290 g/mol. The number of nitrogens with zero attached hydrogens (tertiary/aromatic N) is 2. The van der Waals surface area contributed by atoms with Crippen LogP contribution in [0.2, 0.25) is 0 Å². The molecule has 3 rings (SSSR count). The van der Waals surface area contributed by atoms with Gasteiger partial charge in [0.1, 0.15) is 6.04 Å². The van der Waals surface area contributed by atoms with Gasteiger partial charge < -0.3 is 5.32 Å². The molecule has 0 spiro atoms. The van der Waals surface area contributed by atoms with Gasteiger partial charge in [-0.15, -0.1) is 0 Å². The van der Waals surface area contributed by atoms with Crippen LogP contribution in [0.1, 0.15) is 51.4 Å². The fraction of sp³-hybridized carbons (Fsp3) is 0.929. The van der Waals surface area contributed by atoms with Crippen LogP contribution in [-0.2, 0) is 15.0 Å². The normalized spacial score (nSPS) is 29.2. The van der Waals surface area contributed by atoms with Gasteiger partial charge in [0.2, 0.25) is 5.91 Å². The van der Waals surface area contributed by atoms with Gasteiger partial charge >= 0.3 is 0 Å². The highest BCUT2D eigenvalue weighted by molar-refractivity contribution is 7.86. The van der Waals surface area contributed by atoms with E-state index < -0.39 is 16.3 Å². The Labute approximate surface area is 127 Å². The zero-order valence-corrected chi connectivity index (χ0v) is 13.3. The Morgan fingerprint density at radius 1 is 0.905 bits per heavy atom. The summed E-state index contributed by atoms with van der Waals surface area (Å²) in [6, 6.07) is -0.223. The molecule has 0 aromatic heterocycles. The van der Waals surface area contributed by atoms with Crippen LogP contribution < -0.4 is 5.32 Å². The predicted octanol–water partition coefficient (Wildman–Crippen LogP) is 0.850. The maximum absolute atomic E-state index is 12.8. The molecule has 3 fully saturated rings. The molecule has 0 bridgehead atoms. The van der Waals surface area contributed by atoms with E-state index in [1.54, 1.807) is 4.31 Å². The number of hydrogen-bond donors (Lipinski definition) is 1. The lowest BCUT2D eigenvalue weighted by molar-refractivity contribution is -0.124. The summed E-state index contributed by atoms with van der Waals surface area (Å²) in [5.41, 5.74) is 0. The Morgan fingerprint density at radius 2 is 1.57 bits per heavy atom. The van der Waals surface area contributed by atoms with Gasteiger partial charge in [0.25, 0.3) is 10.2 Å². The molecule has 1 atom stereocenters. The fourth-order valence-electron chi connectivity index (χ4n) is 3.22. The summed E-state index contributed by atoms with van der Waals surface area (Å²) in [7, 11) is -3.49. The Bertz CT molecular complexity index is 482. The first kappa shape index (κ1) is 15.2. The standard InChI is InChI=1S/C14H25N3O3S/c18-14(15-12-7-8-12)13-6-5-11-17(13)21(19,20)16-9-3-1-2-4-10-16/h12-13H,1-11H2,(H,15,18)/t13-/m1/s1. The Hall–Kier alpha value is -0.660. The lowest BCUT2D eigenvalue weighted by Gasteiger charge is -2.29. The summed E-state index contributed by atoms with van der Waals surface area (Å²) < 4.78 is 28.7. The van der Waals surface area contributed by atoms with Crippen molar-refractivity contribution in [2.45, 2.75) is 63.5 Å². The second-order valence-electron chi connectivity index (χ2n) is 6.37. The van der Waals surface area contributed by atoms with Crippen molar-refractivity contribution >= 4 is 16.1 Å². The van der Waals surface area contributed by atoms with Crippen LogP contribution in [0.5, 0.6) is 0 Å². The summed E-state index contributed by atoms with van der Waals surface area (Å²) in [5, 5.41) is 2.95. The Kier molecular flexibility index (Phi) is 4.51. The summed E-state index contributed by atoms with van der Waals surface area (Å²) in [6.07, 6.45) is 7.50. The quantitative estimate of drug-likeness (QED) is 0.836. The minimum atomic E-state index is -3.49. The lowest BCUT2D eigenvalue weighted by atomic mass is 10.2. The van der Waals surface area contributed by atoms with E-state index in [2.05, 4.69) is 5.32 Å². The molecule has 0 unspecified atom stereocenters. The average molecular weight is 315 g/mol. The number of nitrogens with one attached hydrogen (secondary N) is 1. The van der Waals surface area contributed by atoms with E-state index in [1.165, 1.54) is 4.31 Å². The van der Waals surface area contributed by atoms with Crippen LogP contribution in [0.15, 0.2) is 0 Å². The third kappa shape index (κ3) is 3.40. The van der Waals surface area contributed by atoms with Gasteiger partial charge in [-0.1, -0.05) is 12.8 Å². The molecule has 1 aliphatic carbocycles. The summed E-state index contributed by atoms with van der Waals surface area (Å²) in [5.74, 6) is -0.103. The van der Waals surface area contributed by atoms with Crippen molar-refractivity contribution < 1.29 is 13.2 Å². The second-order valence-corrected chi connectivity index (χ2v) is 8.25. The third-order valence-corrected chi connectivity index (χ3v) is 6.67. The van der Waals surface area contributed by atoms with E-state index in [0.29, 0.717) is 26.1 Å². The van der Waals surface area contributed by atoms with Gasteiger partial charge in [0, 0.05) is 25.7 Å². The maximum Gasteiger partial charge on any atom is 0.282 e. The highest BCUT2D eigenvalue weighted by Gasteiger charge is 2.42. The lowest BCUT2D eigenvalue weighted by Crippen LogP contribution is -2.51. The van der Waals surface area contributed by atoms with E-state index in [1.807, 2.05) is 0 Å². The zero-order valence-electron chi connectivity index (χ0n) is 12.5. The largest absolute Gasteiger partial charge is 0.352 e. The Morgan fingerprint density at radius 3 is 2.19 bits per heavy atom. The number of amides is 1. The van der Waals surface area contributed by atoms with E-state index in [4.69, 9.17) is 0 Å². The summed E-state index contributed by atoms with van der Waals surface area (Å²) >= 11 is 0. The number of carbonyl (C=O) groups is 1. The van der Waals surface area contributed by atoms with Crippen molar-refractivity contribution in [3.63, 3.8) is 0 Å². The molecule has 0 aromatic rings. The minimum absolute atomic E-state index is 0.103. The zero-order chi connectivity index (χ0) is 14.9. The molecule has 6 nitrogen and oxygen atoms in total. The van der Waals surface area contributed by atoms with Gasteiger partial charge in [0.15, 0.2) is 0 Å². The average Bonchev–Trinajstić information content (AvgIpc) is 3.18. The van der Waals surface area contributed by atoms with Crippen molar-refractivity contribution in [2.75, 3.05) is 19.6 Å². The highest BCUT2D eigenvalue weighted by atomic mass is 32.2. The molecule has 0 aromatic carbocycles. The highest BCUT2D eigenvalue weighted by Crippen LogP contribution is 2.27. The topological polar surface area (TPSA) is 69.7 Å². The molecule has 0 radical (unpaired) electrons. The first-order chi connectivity index (χ1) is 10.1. The van der Waals surface area contributed by atoms with Gasteiger partial charge in [-0.25, -0.2) is 0 Å². The molecule has 1 saturated carbocycles. The van der Waals surface area contributed by atoms with Crippen LogP contribution >= 0.6 is 0 Å². The van der Waals surface area contributed by atoms with Gasteiger partial charge in [0.05, 0.1) is 0 Å². The van der Waals surface area contributed by atoms with Gasteiger partial charge in [-0.3, -0.25) is 4.79 Å². The molecule has 2 heterocycles. The molecule has 120 valence electrons. The molecule has 1 N–H and O–H groups in total. The Balaban J connectivity index is 1.71. The van der Waals surface area contributed by atoms with Crippen molar-refractivity contribution in [2.24, 2.45) is 0 Å². The van der Waals surface area contributed by atoms with E-state index in [-0.39, 0.29) is 11.9 Å². The van der Waals surface area contributed by atoms with E-state index in [0.717, 1.165) is 44.9 Å². The van der Waals surface area contributed by atoms with Gasteiger partial charge in [-0.2, -0.15) is 17.0 Å². The summed E-state index contributed by atoms with van der Waals surface area (Å²) in [4.78, 5) is 12.3. The molecular formula is C14H25N3O3S. The van der Waals surface area contributed by atoms with Crippen LogP contribution in [0, 0.1) is 0 Å². The number of rotatable bonds is 4. The van der Waals surface area contributed by atoms with Crippen LogP contribution in [-0.4, -0.2) is 54.7 Å². The van der Waals surface area contributed by atoms with Crippen molar-refractivity contribution in [1.29, 1.82) is 0 Å². The second kappa shape index (κ2) is 6.22. The smallest absolute Gasteiger partial charge is 0.282 e. The summed E-state index contributed by atoms with van der Waals surface area (Å²) in [6.45, 7) is 1.66. The van der Waals surface area contributed by atoms with Crippen LogP contribution in [0.3, 0.4) is 0 Å². The number of hydrogen-bond acceptors (Lipinski definition) is 3. The van der Waals surface area contributed by atoms with Gasteiger partial charge in [-0.05, 0) is 38.5 Å². The molecule has 21 heavy (non-hydrogen) atoms. The molecule has 3 aliphatic rings. The molecule has 1 amide bonds. The van der Waals surface area contributed by atoms with Crippen molar-refractivity contribution in [3.8, 4) is 0 Å². The molecule has 2 saturated heterocycles. The van der Waals surface area contributed by atoms with Crippen LogP contribution in [0.4, 0.5) is 0 Å². The molecule has 2 aliphatic heterocycles. The van der Waals surface area contributed by atoms with E-state index >= 15 is 0 Å². The van der Waals surface area contributed by atoms with Crippen LogP contribution in [0.25, 0.3) is 0 Å². The monoisotopic (exact) mass is 315 g/mol. The van der Waals surface area contributed by atoms with E-state index in [9.17, 15) is 13.2 Å².